The second-order valence-electron chi connectivity index (χ2n) is 11.7. The maximum Gasteiger partial charge on any atom is 0.410 e. The lowest BCUT2D eigenvalue weighted by atomic mass is 9.98. The topological polar surface area (TPSA) is 63.3 Å². The van der Waals surface area contributed by atoms with Gasteiger partial charge in [-0.05, 0) is 69.0 Å². The molecule has 3 aromatic carbocycles. The lowest BCUT2D eigenvalue weighted by Crippen LogP contribution is -2.55. The number of anilines is 1. The van der Waals surface area contributed by atoms with E-state index < -0.39 is 5.60 Å². The molecule has 1 fully saturated rings. The number of carbonyl (C=O) groups is 1. The van der Waals surface area contributed by atoms with Crippen molar-refractivity contribution in [1.82, 2.24) is 10.2 Å². The number of carbonyl (C=O) groups excluding carboxylic acids is 1. The van der Waals surface area contributed by atoms with Gasteiger partial charge >= 0.3 is 6.09 Å². The first-order chi connectivity index (χ1) is 20.3. The van der Waals surface area contributed by atoms with Crippen molar-refractivity contribution in [3.05, 3.63) is 83.9 Å². The van der Waals surface area contributed by atoms with Crippen molar-refractivity contribution in [3.63, 3.8) is 0 Å². The van der Waals surface area contributed by atoms with Crippen molar-refractivity contribution >= 4 is 11.8 Å². The molecule has 1 aliphatic heterocycles. The van der Waals surface area contributed by atoms with E-state index in [4.69, 9.17) is 14.2 Å². The van der Waals surface area contributed by atoms with Gasteiger partial charge in [0.15, 0.2) is 0 Å². The zero-order valence-electron chi connectivity index (χ0n) is 25.9. The first kappa shape index (κ1) is 31.4. The fourth-order valence-corrected chi connectivity index (χ4v) is 5.31. The largest absolute Gasteiger partial charge is 0.493 e. The molecule has 0 spiro atoms. The lowest BCUT2D eigenvalue weighted by molar-refractivity contribution is 0.0213. The summed E-state index contributed by atoms with van der Waals surface area (Å²) in [5.74, 6) is 0.887. The van der Waals surface area contributed by atoms with E-state index in [9.17, 15) is 4.79 Å². The fraction of sp³-hybridized carbons (Fsp3) is 0.457. The van der Waals surface area contributed by atoms with Crippen LogP contribution >= 0.6 is 0 Å². The summed E-state index contributed by atoms with van der Waals surface area (Å²) >= 11 is 0. The van der Waals surface area contributed by atoms with E-state index in [2.05, 4.69) is 59.6 Å². The zero-order chi connectivity index (χ0) is 30.0. The molecule has 226 valence electrons. The molecular weight excluding hydrogens is 526 g/mol. The highest BCUT2D eigenvalue weighted by molar-refractivity contribution is 5.74. The zero-order valence-corrected chi connectivity index (χ0v) is 25.9. The van der Waals surface area contributed by atoms with Crippen LogP contribution in [0, 0.1) is 0 Å². The van der Waals surface area contributed by atoms with Gasteiger partial charge in [0.05, 0.1) is 19.8 Å². The minimum absolute atomic E-state index is 0.195. The van der Waals surface area contributed by atoms with Gasteiger partial charge in [0.2, 0.25) is 0 Å². The summed E-state index contributed by atoms with van der Waals surface area (Å²) in [6, 6.07) is 25.3. The number of ether oxygens (including phenoxy) is 3. The molecule has 1 saturated heterocycles. The number of rotatable bonds is 12. The van der Waals surface area contributed by atoms with Crippen LogP contribution in [0.2, 0.25) is 0 Å². The number of nitrogens with zero attached hydrogens (tertiary/aromatic N) is 2. The van der Waals surface area contributed by atoms with E-state index in [0.29, 0.717) is 39.5 Å². The van der Waals surface area contributed by atoms with E-state index in [0.717, 1.165) is 36.4 Å². The quantitative estimate of drug-likeness (QED) is 0.238. The number of hydrogen-bond donors (Lipinski definition) is 1. The van der Waals surface area contributed by atoms with Crippen molar-refractivity contribution in [2.75, 3.05) is 44.3 Å². The molecule has 1 N–H and O–H groups in total. The van der Waals surface area contributed by atoms with Crippen LogP contribution in [-0.2, 0) is 22.6 Å². The molecule has 0 aliphatic carbocycles. The monoisotopic (exact) mass is 573 g/mol. The van der Waals surface area contributed by atoms with E-state index in [1.54, 1.807) is 0 Å². The van der Waals surface area contributed by atoms with E-state index in [1.165, 1.54) is 16.8 Å². The Labute approximate surface area is 251 Å². The van der Waals surface area contributed by atoms with Crippen LogP contribution in [0.15, 0.2) is 72.8 Å². The Hall–Kier alpha value is -3.55. The van der Waals surface area contributed by atoms with Gasteiger partial charge < -0.3 is 29.3 Å². The Balaban J connectivity index is 1.51. The molecule has 1 atom stereocenters. The SMILES string of the molecule is CCOc1ccccc1-c1ccc(N2CCN(C(=O)OC(C)(C)C)C[C@H]2CC)c(CNCCOCc2ccccc2)c1. The average molecular weight is 574 g/mol. The van der Waals surface area contributed by atoms with Gasteiger partial charge in [-0.3, -0.25) is 0 Å². The van der Waals surface area contributed by atoms with Crippen LogP contribution in [0.4, 0.5) is 10.5 Å². The number of para-hydroxylation sites is 1. The third-order valence-corrected chi connectivity index (χ3v) is 7.34. The van der Waals surface area contributed by atoms with Gasteiger partial charge in [0.25, 0.3) is 0 Å². The number of benzene rings is 3. The van der Waals surface area contributed by atoms with Crippen molar-refractivity contribution in [2.45, 2.75) is 65.8 Å². The highest BCUT2D eigenvalue weighted by Crippen LogP contribution is 2.35. The number of hydrogen-bond acceptors (Lipinski definition) is 6. The smallest absolute Gasteiger partial charge is 0.410 e. The van der Waals surface area contributed by atoms with Crippen molar-refractivity contribution < 1.29 is 19.0 Å². The molecule has 0 radical (unpaired) electrons. The molecule has 0 unspecified atom stereocenters. The third-order valence-electron chi connectivity index (χ3n) is 7.34. The molecule has 7 heteroatoms. The van der Waals surface area contributed by atoms with Gasteiger partial charge in [0, 0.05) is 50.0 Å². The second-order valence-corrected chi connectivity index (χ2v) is 11.7. The number of nitrogens with one attached hydrogen (secondary N) is 1. The third kappa shape index (κ3) is 8.73. The van der Waals surface area contributed by atoms with Crippen LogP contribution in [0.25, 0.3) is 11.1 Å². The normalized spacial score (nSPS) is 15.5. The number of amides is 1. The molecule has 1 aliphatic rings. The van der Waals surface area contributed by atoms with Crippen molar-refractivity contribution in [1.29, 1.82) is 0 Å². The predicted octanol–water partition coefficient (Wildman–Crippen LogP) is 6.89. The van der Waals surface area contributed by atoms with Crippen LogP contribution < -0.4 is 15.0 Å². The summed E-state index contributed by atoms with van der Waals surface area (Å²) in [7, 11) is 0. The Morgan fingerprint density at radius 2 is 1.74 bits per heavy atom. The second kappa shape index (κ2) is 15.1. The van der Waals surface area contributed by atoms with E-state index in [-0.39, 0.29) is 12.1 Å². The summed E-state index contributed by atoms with van der Waals surface area (Å²) < 4.78 is 17.5. The minimum Gasteiger partial charge on any atom is -0.493 e. The van der Waals surface area contributed by atoms with Crippen LogP contribution in [0.1, 0.15) is 52.2 Å². The van der Waals surface area contributed by atoms with E-state index in [1.807, 2.05) is 62.9 Å². The molecule has 0 bridgehead atoms. The van der Waals surface area contributed by atoms with Gasteiger partial charge in [-0.15, -0.1) is 0 Å². The Bertz CT molecular complexity index is 1270. The summed E-state index contributed by atoms with van der Waals surface area (Å²) in [4.78, 5) is 17.2. The molecule has 7 nitrogen and oxygen atoms in total. The standard InChI is InChI=1S/C35H47N3O4/c1-6-30-25-37(34(39)42-35(3,4)5)20-21-38(30)32-18-17-28(31-15-11-12-16-33(31)41-7-2)23-29(32)24-36-19-22-40-26-27-13-9-8-10-14-27/h8-18,23,30,36H,6-7,19-22,24-26H2,1-5H3/t30-/m1/s1. The molecule has 3 aromatic rings. The first-order valence-electron chi connectivity index (χ1n) is 15.2. The Morgan fingerprint density at radius 1 is 0.976 bits per heavy atom. The molecule has 0 saturated carbocycles. The van der Waals surface area contributed by atoms with Crippen LogP contribution in [0.3, 0.4) is 0 Å². The Morgan fingerprint density at radius 3 is 2.48 bits per heavy atom. The van der Waals surface area contributed by atoms with Gasteiger partial charge in [-0.25, -0.2) is 4.79 Å². The number of piperazine rings is 1. The fourth-order valence-electron chi connectivity index (χ4n) is 5.31. The molecule has 4 rings (SSSR count). The molecule has 42 heavy (non-hydrogen) atoms. The van der Waals surface area contributed by atoms with Crippen LogP contribution in [-0.4, -0.2) is 62.0 Å². The van der Waals surface area contributed by atoms with Gasteiger partial charge in [-0.1, -0.05) is 61.5 Å². The van der Waals surface area contributed by atoms with Crippen molar-refractivity contribution in [3.8, 4) is 16.9 Å². The minimum atomic E-state index is -0.507. The predicted molar refractivity (Wildman–Crippen MR) is 170 cm³/mol. The van der Waals surface area contributed by atoms with Gasteiger partial charge in [0.1, 0.15) is 11.4 Å². The highest BCUT2D eigenvalue weighted by atomic mass is 16.6. The summed E-state index contributed by atoms with van der Waals surface area (Å²) in [5, 5.41) is 3.60. The highest BCUT2D eigenvalue weighted by Gasteiger charge is 2.32. The van der Waals surface area contributed by atoms with E-state index >= 15 is 0 Å². The molecule has 1 heterocycles. The summed E-state index contributed by atoms with van der Waals surface area (Å²) in [5.41, 5.74) is 5.29. The average Bonchev–Trinajstić information content (AvgIpc) is 2.98. The summed E-state index contributed by atoms with van der Waals surface area (Å²) in [6.07, 6.45) is 0.690. The van der Waals surface area contributed by atoms with Gasteiger partial charge in [-0.2, -0.15) is 0 Å². The maximum atomic E-state index is 12.8. The lowest BCUT2D eigenvalue weighted by Gasteiger charge is -2.43. The first-order valence-corrected chi connectivity index (χ1v) is 15.2. The summed E-state index contributed by atoms with van der Waals surface area (Å²) in [6.45, 7) is 15.3. The maximum absolute atomic E-state index is 12.8. The molecule has 1 amide bonds. The molecular formula is C35H47N3O4. The molecule has 0 aromatic heterocycles. The van der Waals surface area contributed by atoms with Crippen molar-refractivity contribution in [2.24, 2.45) is 0 Å². The van der Waals surface area contributed by atoms with Crippen LogP contribution in [0.5, 0.6) is 5.75 Å². The Kier molecular flexibility index (Phi) is 11.3.